The lowest BCUT2D eigenvalue weighted by molar-refractivity contribution is 0.569. The third kappa shape index (κ3) is 5.77. The molecule has 5 aromatic carbocycles. The number of anilines is 6. The van der Waals surface area contributed by atoms with Crippen molar-refractivity contribution in [3.8, 4) is 0 Å². The summed E-state index contributed by atoms with van der Waals surface area (Å²) in [6.07, 6.45) is 0. The van der Waals surface area contributed by atoms with Gasteiger partial charge in [-0.2, -0.15) is 0 Å². The first-order valence-electron chi connectivity index (χ1n) is 23.1. The molecule has 0 aliphatic carbocycles. The van der Waals surface area contributed by atoms with Gasteiger partial charge in [0, 0.05) is 38.2 Å². The highest BCUT2D eigenvalue weighted by Crippen LogP contribution is 2.46. The molecule has 0 N–H and O–H groups in total. The summed E-state index contributed by atoms with van der Waals surface area (Å²) in [6, 6.07) is 13.2. The fourth-order valence-corrected chi connectivity index (χ4v) is 6.95. The highest BCUT2D eigenvalue weighted by molar-refractivity contribution is 7.00. The zero-order chi connectivity index (χ0) is 45.6. The first kappa shape index (κ1) is 23.3. The molecule has 50 heavy (non-hydrogen) atoms. The molecule has 0 unspecified atom stereocenters. The SMILES string of the molecule is [2H]c1ccc2c(c1)N(c1cc(C(C)(C)C)cc(C(C)(C)C)c1)c1cc(C([2H])([2H])[2H])cc3c1B2c1c([2H])c(C(C)(C)C)c([2H])c([2H])c1N3c1c([2H])c([2H])c(C(C)(C)C)c([2H])c1[2H]. The third-order valence-corrected chi connectivity index (χ3v) is 9.91. The zero-order valence-corrected chi connectivity index (χ0v) is 31.6. The van der Waals surface area contributed by atoms with E-state index in [1.54, 1.807) is 18.2 Å². The average molecular weight is 670 g/mol. The van der Waals surface area contributed by atoms with Gasteiger partial charge in [-0.1, -0.05) is 131 Å². The van der Waals surface area contributed by atoms with Crippen molar-refractivity contribution >= 4 is 57.2 Å². The van der Waals surface area contributed by atoms with Crippen LogP contribution in [0.25, 0.3) is 0 Å². The van der Waals surface area contributed by atoms with E-state index in [9.17, 15) is 9.60 Å². The van der Waals surface area contributed by atoms with Crippen LogP contribution in [-0.4, -0.2) is 6.71 Å². The molecule has 0 aromatic heterocycles. The van der Waals surface area contributed by atoms with Gasteiger partial charge in [-0.15, -0.1) is 0 Å². The Bertz CT molecular complexity index is 2610. The quantitative estimate of drug-likeness (QED) is 0.169. The fraction of sp³-hybridized carbons (Fsp3) is 0.362. The molecule has 0 fully saturated rings. The summed E-state index contributed by atoms with van der Waals surface area (Å²) in [6.45, 7) is 20.4. The van der Waals surface area contributed by atoms with Gasteiger partial charge in [-0.3, -0.25) is 0 Å². The van der Waals surface area contributed by atoms with Crippen molar-refractivity contribution in [2.75, 3.05) is 9.80 Å². The molecule has 2 aliphatic heterocycles. The van der Waals surface area contributed by atoms with Crippen LogP contribution in [0.3, 0.4) is 0 Å². The monoisotopic (exact) mass is 670 g/mol. The van der Waals surface area contributed by atoms with Gasteiger partial charge in [0.25, 0.3) is 6.71 Å². The summed E-state index contributed by atoms with van der Waals surface area (Å²) in [5.74, 6) is 0. The van der Waals surface area contributed by atoms with Gasteiger partial charge < -0.3 is 9.80 Å². The van der Waals surface area contributed by atoms with Crippen LogP contribution in [0.2, 0.25) is 0 Å². The number of hydrogen-bond donors (Lipinski definition) is 0. The molecular weight excluding hydrogens is 603 g/mol. The van der Waals surface area contributed by atoms with Crippen LogP contribution in [0.15, 0.2) is 96.9 Å². The van der Waals surface area contributed by atoms with Crippen LogP contribution in [0.4, 0.5) is 34.1 Å². The number of benzene rings is 5. The van der Waals surface area contributed by atoms with Gasteiger partial charge in [0.05, 0.1) is 11.0 Å². The Morgan fingerprint density at radius 1 is 0.520 bits per heavy atom. The number of aryl methyl sites for hydroxylation is 1. The Morgan fingerprint density at radius 2 is 1.06 bits per heavy atom. The fourth-order valence-electron chi connectivity index (χ4n) is 6.95. The largest absolute Gasteiger partial charge is 0.311 e. The van der Waals surface area contributed by atoms with E-state index in [2.05, 4.69) is 59.7 Å². The lowest BCUT2D eigenvalue weighted by Gasteiger charge is -2.45. The predicted octanol–water partition coefficient (Wildman–Crippen LogP) is 11.3. The van der Waals surface area contributed by atoms with Gasteiger partial charge in [0.15, 0.2) is 0 Å². The minimum absolute atomic E-state index is 0.00402. The van der Waals surface area contributed by atoms with Crippen LogP contribution in [0.5, 0.6) is 0 Å². The van der Waals surface area contributed by atoms with Crippen molar-refractivity contribution in [2.45, 2.75) is 112 Å². The number of rotatable bonds is 2. The number of fused-ring (bicyclic) bond motifs is 4. The van der Waals surface area contributed by atoms with E-state index in [0.717, 1.165) is 16.8 Å². The summed E-state index contributed by atoms with van der Waals surface area (Å²) < 4.78 is 102. The van der Waals surface area contributed by atoms with Gasteiger partial charge in [-0.05, 0) is 121 Å². The molecule has 0 atom stereocenters. The molecule has 0 amide bonds. The van der Waals surface area contributed by atoms with Crippen molar-refractivity contribution in [3.63, 3.8) is 0 Å². The Labute approximate surface area is 318 Å². The Kier molecular flexibility index (Phi) is 5.30. The molecule has 3 heteroatoms. The summed E-state index contributed by atoms with van der Waals surface area (Å²) in [5, 5.41) is 0. The molecule has 2 heterocycles. The van der Waals surface area contributed by atoms with Crippen molar-refractivity contribution in [3.05, 3.63) is 125 Å². The second-order valence-electron chi connectivity index (χ2n) is 18.0. The van der Waals surface area contributed by atoms with Gasteiger partial charge >= 0.3 is 0 Å². The van der Waals surface area contributed by atoms with E-state index >= 15 is 0 Å². The minimum atomic E-state index is -2.67. The van der Waals surface area contributed by atoms with E-state index in [1.807, 2.05) is 52.5 Å². The summed E-state index contributed by atoms with van der Waals surface area (Å²) in [5.41, 5.74) is 3.83. The van der Waals surface area contributed by atoms with Crippen LogP contribution in [0, 0.1) is 6.85 Å². The molecular formula is C47H55BN2. The van der Waals surface area contributed by atoms with Crippen LogP contribution in [-0.2, 0) is 21.7 Å². The van der Waals surface area contributed by atoms with E-state index in [4.69, 9.17) is 5.48 Å². The Morgan fingerprint density at radius 3 is 1.60 bits per heavy atom. The van der Waals surface area contributed by atoms with Gasteiger partial charge in [0.2, 0.25) is 0 Å². The highest BCUT2D eigenvalue weighted by atomic mass is 15.2. The summed E-state index contributed by atoms with van der Waals surface area (Å²) in [4.78, 5) is 3.42. The molecule has 7 rings (SSSR count). The average Bonchev–Trinajstić information content (AvgIpc) is 3.11. The van der Waals surface area contributed by atoms with E-state index in [1.165, 1.54) is 11.0 Å². The smallest absolute Gasteiger partial charge is 0.252 e. The normalized spacial score (nSPS) is 17.8. The molecule has 2 nitrogen and oxygen atoms in total. The Hall–Kier alpha value is -4.24. The second kappa shape index (κ2) is 11.4. The summed E-state index contributed by atoms with van der Waals surface area (Å²) >= 11 is 0. The van der Waals surface area contributed by atoms with Crippen molar-refractivity contribution in [1.82, 2.24) is 0 Å². The molecule has 0 radical (unpaired) electrons. The van der Waals surface area contributed by atoms with Gasteiger partial charge in [-0.25, -0.2) is 0 Å². The molecule has 5 aromatic rings. The summed E-state index contributed by atoms with van der Waals surface area (Å²) in [7, 11) is 0. The van der Waals surface area contributed by atoms with Gasteiger partial charge in [0.1, 0.15) is 0 Å². The maximum atomic E-state index is 10.0. The van der Waals surface area contributed by atoms with Crippen LogP contribution < -0.4 is 26.2 Å². The molecule has 0 saturated carbocycles. The van der Waals surface area contributed by atoms with Crippen molar-refractivity contribution in [1.29, 1.82) is 0 Å². The van der Waals surface area contributed by atoms with E-state index in [-0.39, 0.29) is 87.4 Å². The van der Waals surface area contributed by atoms with Crippen LogP contribution in [0.1, 0.15) is 126 Å². The zero-order valence-electron chi connectivity index (χ0n) is 42.6. The third-order valence-electron chi connectivity index (χ3n) is 9.91. The maximum absolute atomic E-state index is 10.0. The first-order chi connectivity index (χ1) is 27.8. The lowest BCUT2D eigenvalue weighted by Crippen LogP contribution is -2.61. The van der Waals surface area contributed by atoms with E-state index < -0.39 is 24.4 Å². The number of para-hydroxylation sites is 1. The number of hydrogen-bond acceptors (Lipinski definition) is 2. The lowest BCUT2D eigenvalue weighted by atomic mass is 9.33. The predicted molar refractivity (Wildman–Crippen MR) is 220 cm³/mol. The molecule has 256 valence electrons. The highest BCUT2D eigenvalue weighted by Gasteiger charge is 2.44. The number of nitrogens with zero attached hydrogens (tertiary/aromatic N) is 2. The molecule has 0 bridgehead atoms. The maximum Gasteiger partial charge on any atom is 0.252 e. The standard InChI is InChI=1S/C47H55BN2/c1-30-24-41-43-42(25-30)50(36-27-33(46(8,9)10)26-34(28-36)47(11,12)13)39-17-15-14-16-37(39)48(43)38-29-32(45(5,6)7)20-23-40(38)49(41)35-21-18-31(19-22-35)44(2,3)4/h14-29H,1-13H3/i1D3,15D,18D,19D,20D,21D,22D,23D,29D. The first-order valence-corrected chi connectivity index (χ1v) is 17.6. The van der Waals surface area contributed by atoms with Crippen LogP contribution >= 0.6 is 0 Å². The molecule has 2 aliphatic rings. The Balaban J connectivity index is 1.76. The molecule has 0 spiro atoms. The van der Waals surface area contributed by atoms with Crippen molar-refractivity contribution < 1.29 is 15.1 Å². The molecule has 0 saturated heterocycles. The van der Waals surface area contributed by atoms with E-state index in [0.29, 0.717) is 33.3 Å². The second-order valence-corrected chi connectivity index (χ2v) is 18.0. The minimum Gasteiger partial charge on any atom is -0.311 e. The van der Waals surface area contributed by atoms with Crippen molar-refractivity contribution in [2.24, 2.45) is 0 Å². The topological polar surface area (TPSA) is 6.48 Å².